The quantitative estimate of drug-likeness (QED) is 0.703. The molecule has 1 aromatic rings. The number of carbonyl (C=O) groups excluding carboxylic acids is 1. The summed E-state index contributed by atoms with van der Waals surface area (Å²) in [6, 6.07) is 2.97. The van der Waals surface area contributed by atoms with E-state index in [2.05, 4.69) is 10.0 Å². The van der Waals surface area contributed by atoms with E-state index in [9.17, 15) is 17.6 Å². The number of anilines is 1. The van der Waals surface area contributed by atoms with Gasteiger partial charge in [0, 0.05) is 19.5 Å². The molecule has 0 bridgehead atoms. The normalized spacial score (nSPS) is 16.5. The molecule has 1 aliphatic carbocycles. The Morgan fingerprint density at radius 2 is 2.00 bits per heavy atom. The van der Waals surface area contributed by atoms with E-state index in [1.807, 2.05) is 0 Å². The summed E-state index contributed by atoms with van der Waals surface area (Å²) >= 11 is 0. The van der Waals surface area contributed by atoms with Crippen LogP contribution in [-0.4, -0.2) is 26.9 Å². The Morgan fingerprint density at radius 1 is 1.38 bits per heavy atom. The van der Waals surface area contributed by atoms with Crippen molar-refractivity contribution < 1.29 is 17.6 Å². The van der Waals surface area contributed by atoms with Crippen LogP contribution in [-0.2, 0) is 14.8 Å². The van der Waals surface area contributed by atoms with E-state index in [4.69, 9.17) is 5.73 Å². The van der Waals surface area contributed by atoms with Crippen LogP contribution >= 0.6 is 12.4 Å². The second-order valence-electron chi connectivity index (χ2n) is 5.83. The van der Waals surface area contributed by atoms with E-state index < -0.39 is 21.7 Å². The van der Waals surface area contributed by atoms with Gasteiger partial charge in [-0.15, -0.1) is 12.4 Å². The zero-order chi connectivity index (χ0) is 17.0. The molecular weight excluding hydrogens is 357 g/mol. The third-order valence-electron chi connectivity index (χ3n) is 4.09. The van der Waals surface area contributed by atoms with Crippen molar-refractivity contribution in [2.45, 2.75) is 43.5 Å². The molecule has 1 fully saturated rings. The Kier molecular flexibility index (Phi) is 7.59. The van der Waals surface area contributed by atoms with Crippen molar-refractivity contribution in [2.24, 2.45) is 11.7 Å². The standard InChI is InChI=1S/C15H22FN3O3S.ClH/c1-10(20)18-14-8-12(6-7-13(14)16)23(21,22)19-15(9-17)11-4-2-3-5-11;/h6-8,11,15,19H,2-5,9,17H2,1H3,(H,18,20);1H. The molecule has 9 heteroatoms. The SMILES string of the molecule is CC(=O)Nc1cc(S(=O)(=O)NC(CN)C2CCCC2)ccc1F.Cl. The lowest BCUT2D eigenvalue weighted by Gasteiger charge is -2.23. The van der Waals surface area contributed by atoms with Crippen LogP contribution in [0.1, 0.15) is 32.6 Å². The maximum atomic E-state index is 13.6. The van der Waals surface area contributed by atoms with Crippen molar-refractivity contribution in [1.82, 2.24) is 4.72 Å². The lowest BCUT2D eigenvalue weighted by Crippen LogP contribution is -2.44. The fraction of sp³-hybridized carbons (Fsp3) is 0.533. The molecule has 6 nitrogen and oxygen atoms in total. The summed E-state index contributed by atoms with van der Waals surface area (Å²) in [7, 11) is -3.83. The first-order valence-electron chi connectivity index (χ1n) is 7.63. The topological polar surface area (TPSA) is 101 Å². The van der Waals surface area contributed by atoms with Crippen LogP contribution in [0.5, 0.6) is 0 Å². The Hall–Kier alpha value is -1.22. The number of hydrogen-bond donors (Lipinski definition) is 3. The van der Waals surface area contributed by atoms with Gasteiger partial charge in [0.05, 0.1) is 10.6 Å². The first-order valence-corrected chi connectivity index (χ1v) is 9.11. The number of hydrogen-bond acceptors (Lipinski definition) is 4. The molecule has 1 atom stereocenters. The van der Waals surface area contributed by atoms with Gasteiger partial charge in [-0.25, -0.2) is 17.5 Å². The zero-order valence-corrected chi connectivity index (χ0v) is 15.1. The average Bonchev–Trinajstić information content (AvgIpc) is 3.00. The first kappa shape index (κ1) is 20.8. The van der Waals surface area contributed by atoms with Gasteiger partial charge in [0.25, 0.3) is 0 Å². The fourth-order valence-corrected chi connectivity index (χ4v) is 4.26. The minimum Gasteiger partial charge on any atom is -0.329 e. The van der Waals surface area contributed by atoms with E-state index in [1.165, 1.54) is 13.0 Å². The maximum Gasteiger partial charge on any atom is 0.240 e. The van der Waals surface area contributed by atoms with E-state index in [-0.39, 0.29) is 41.5 Å². The Morgan fingerprint density at radius 3 is 2.54 bits per heavy atom. The molecule has 4 N–H and O–H groups in total. The molecule has 1 saturated carbocycles. The number of carbonyl (C=O) groups is 1. The van der Waals surface area contributed by atoms with E-state index in [0.29, 0.717) is 0 Å². The monoisotopic (exact) mass is 379 g/mol. The van der Waals surface area contributed by atoms with Crippen LogP contribution in [0.2, 0.25) is 0 Å². The van der Waals surface area contributed by atoms with E-state index >= 15 is 0 Å². The van der Waals surface area contributed by atoms with Crippen molar-refractivity contribution in [3.05, 3.63) is 24.0 Å². The molecule has 1 unspecified atom stereocenters. The van der Waals surface area contributed by atoms with Gasteiger partial charge >= 0.3 is 0 Å². The van der Waals surface area contributed by atoms with Gasteiger partial charge in [-0.2, -0.15) is 0 Å². The largest absolute Gasteiger partial charge is 0.329 e. The number of benzene rings is 1. The van der Waals surface area contributed by atoms with Crippen molar-refractivity contribution >= 4 is 34.0 Å². The van der Waals surface area contributed by atoms with Gasteiger partial charge in [-0.05, 0) is 37.0 Å². The van der Waals surface area contributed by atoms with Gasteiger partial charge < -0.3 is 11.1 Å². The highest BCUT2D eigenvalue weighted by atomic mass is 35.5. The van der Waals surface area contributed by atoms with Crippen molar-refractivity contribution in [3.8, 4) is 0 Å². The highest BCUT2D eigenvalue weighted by Gasteiger charge is 2.28. The number of nitrogens with one attached hydrogen (secondary N) is 2. The minimum atomic E-state index is -3.83. The van der Waals surface area contributed by atoms with E-state index in [1.54, 1.807) is 0 Å². The fourth-order valence-electron chi connectivity index (χ4n) is 2.92. The molecule has 1 aliphatic rings. The molecule has 0 saturated heterocycles. The van der Waals surface area contributed by atoms with Crippen LogP contribution in [0.15, 0.2) is 23.1 Å². The molecule has 0 radical (unpaired) electrons. The molecule has 1 amide bonds. The van der Waals surface area contributed by atoms with Gasteiger partial charge in [-0.1, -0.05) is 12.8 Å². The molecule has 24 heavy (non-hydrogen) atoms. The molecule has 0 spiro atoms. The second kappa shape index (κ2) is 8.75. The van der Waals surface area contributed by atoms with Gasteiger partial charge in [0.15, 0.2) is 0 Å². The predicted octanol–water partition coefficient (Wildman–Crippen LogP) is 2.00. The lowest BCUT2D eigenvalue weighted by molar-refractivity contribution is -0.114. The number of rotatable bonds is 6. The maximum absolute atomic E-state index is 13.6. The number of halogens is 2. The summed E-state index contributed by atoms with van der Waals surface area (Å²) in [4.78, 5) is 11.0. The second-order valence-corrected chi connectivity index (χ2v) is 7.54. The zero-order valence-electron chi connectivity index (χ0n) is 13.4. The number of nitrogens with two attached hydrogens (primary N) is 1. The van der Waals surface area contributed by atoms with Crippen LogP contribution < -0.4 is 15.8 Å². The first-order chi connectivity index (χ1) is 10.8. The van der Waals surface area contributed by atoms with Crippen molar-refractivity contribution in [2.75, 3.05) is 11.9 Å². The smallest absolute Gasteiger partial charge is 0.240 e. The molecular formula is C15H23ClFN3O3S. The van der Waals surface area contributed by atoms with Crippen LogP contribution in [0.3, 0.4) is 0 Å². The molecule has 0 aromatic heterocycles. The summed E-state index contributed by atoms with van der Waals surface area (Å²) in [6.07, 6.45) is 4.05. The highest BCUT2D eigenvalue weighted by Crippen LogP contribution is 2.28. The van der Waals surface area contributed by atoms with Gasteiger partial charge in [0.2, 0.25) is 15.9 Å². The summed E-state index contributed by atoms with van der Waals surface area (Å²) in [5.41, 5.74) is 5.55. The third-order valence-corrected chi connectivity index (χ3v) is 5.58. The van der Waals surface area contributed by atoms with Crippen LogP contribution in [0.25, 0.3) is 0 Å². The molecule has 0 aliphatic heterocycles. The minimum absolute atomic E-state index is 0. The number of amides is 1. The highest BCUT2D eigenvalue weighted by molar-refractivity contribution is 7.89. The summed E-state index contributed by atoms with van der Waals surface area (Å²) < 4.78 is 41.3. The Labute approximate surface area is 147 Å². The van der Waals surface area contributed by atoms with Crippen LogP contribution in [0, 0.1) is 11.7 Å². The van der Waals surface area contributed by atoms with Gasteiger partial charge in [-0.3, -0.25) is 4.79 Å². The lowest BCUT2D eigenvalue weighted by atomic mass is 9.99. The molecule has 136 valence electrons. The third kappa shape index (κ3) is 5.14. The predicted molar refractivity (Wildman–Crippen MR) is 93.1 cm³/mol. The van der Waals surface area contributed by atoms with Gasteiger partial charge in [0.1, 0.15) is 5.82 Å². The van der Waals surface area contributed by atoms with E-state index in [0.717, 1.165) is 37.8 Å². The summed E-state index contributed by atoms with van der Waals surface area (Å²) in [5, 5.41) is 2.28. The van der Waals surface area contributed by atoms with Crippen LogP contribution in [0.4, 0.5) is 10.1 Å². The van der Waals surface area contributed by atoms with Crippen molar-refractivity contribution in [1.29, 1.82) is 0 Å². The average molecular weight is 380 g/mol. The number of sulfonamides is 1. The summed E-state index contributed by atoms with van der Waals surface area (Å²) in [5.74, 6) is -0.937. The molecule has 2 rings (SSSR count). The molecule has 0 heterocycles. The Balaban J connectivity index is 0.00000288. The Bertz CT molecular complexity index is 679. The summed E-state index contributed by atoms with van der Waals surface area (Å²) in [6.45, 7) is 1.44. The molecule has 1 aromatic carbocycles. The van der Waals surface area contributed by atoms with Crippen molar-refractivity contribution in [3.63, 3.8) is 0 Å².